The number of likely N-dealkylation sites (tertiary alicyclic amines) is 1. The smallest absolute Gasteiger partial charge is 0.321 e. The van der Waals surface area contributed by atoms with E-state index in [2.05, 4.69) is 50.4 Å². The minimum atomic E-state index is 0.0155. The van der Waals surface area contributed by atoms with Gasteiger partial charge in [-0.15, -0.1) is 0 Å². The molecule has 0 aromatic heterocycles. The summed E-state index contributed by atoms with van der Waals surface area (Å²) >= 11 is 3.45. The molecule has 5 heteroatoms. The van der Waals surface area contributed by atoms with Gasteiger partial charge < -0.3 is 10.2 Å². The van der Waals surface area contributed by atoms with E-state index in [1.807, 2.05) is 29.2 Å². The number of halogens is 1. The molecule has 0 unspecified atom stereocenters. The lowest BCUT2D eigenvalue weighted by atomic mass is 9.95. The second-order valence-electron chi connectivity index (χ2n) is 7.65. The number of fused-ring (bicyclic) bond motifs is 1. The molecule has 142 valence electrons. The minimum Gasteiger partial charge on any atom is -0.324 e. The van der Waals surface area contributed by atoms with Crippen LogP contribution in [0.1, 0.15) is 24.0 Å². The molecule has 2 aliphatic heterocycles. The Hall–Kier alpha value is -1.85. The number of anilines is 1. The third kappa shape index (κ3) is 4.71. The van der Waals surface area contributed by atoms with Crippen molar-refractivity contribution in [2.45, 2.75) is 25.8 Å². The van der Waals surface area contributed by atoms with E-state index in [4.69, 9.17) is 0 Å². The Morgan fingerprint density at radius 3 is 2.81 bits per heavy atom. The molecule has 1 saturated heterocycles. The Morgan fingerprint density at radius 1 is 1.11 bits per heavy atom. The Labute approximate surface area is 169 Å². The summed E-state index contributed by atoms with van der Waals surface area (Å²) < 4.78 is 0.974. The van der Waals surface area contributed by atoms with Gasteiger partial charge in [-0.25, -0.2) is 4.79 Å². The van der Waals surface area contributed by atoms with Crippen molar-refractivity contribution in [1.82, 2.24) is 9.80 Å². The van der Waals surface area contributed by atoms with E-state index in [0.717, 1.165) is 55.7 Å². The van der Waals surface area contributed by atoms with Crippen molar-refractivity contribution in [3.8, 4) is 0 Å². The monoisotopic (exact) mass is 427 g/mol. The van der Waals surface area contributed by atoms with Crippen molar-refractivity contribution < 1.29 is 4.79 Å². The van der Waals surface area contributed by atoms with Gasteiger partial charge in [0.1, 0.15) is 0 Å². The van der Waals surface area contributed by atoms with Crippen molar-refractivity contribution >= 4 is 27.6 Å². The highest BCUT2D eigenvalue weighted by molar-refractivity contribution is 9.10. The van der Waals surface area contributed by atoms with E-state index in [-0.39, 0.29) is 6.03 Å². The van der Waals surface area contributed by atoms with Gasteiger partial charge in [0, 0.05) is 42.9 Å². The highest BCUT2D eigenvalue weighted by Crippen LogP contribution is 2.24. The number of benzene rings is 2. The van der Waals surface area contributed by atoms with Crippen molar-refractivity contribution in [2.75, 3.05) is 31.5 Å². The third-order valence-corrected chi connectivity index (χ3v) is 6.10. The van der Waals surface area contributed by atoms with Gasteiger partial charge in [0.05, 0.1) is 0 Å². The van der Waals surface area contributed by atoms with E-state index < -0.39 is 0 Å². The first-order valence-electron chi connectivity index (χ1n) is 9.78. The van der Waals surface area contributed by atoms with Crippen LogP contribution in [0.4, 0.5) is 10.5 Å². The van der Waals surface area contributed by atoms with Crippen molar-refractivity contribution in [3.63, 3.8) is 0 Å². The molecule has 4 nitrogen and oxygen atoms in total. The zero-order valence-corrected chi connectivity index (χ0v) is 17.1. The van der Waals surface area contributed by atoms with Crippen molar-refractivity contribution in [3.05, 3.63) is 64.1 Å². The molecule has 0 spiro atoms. The molecular formula is C22H26BrN3O. The quantitative estimate of drug-likeness (QED) is 0.766. The van der Waals surface area contributed by atoms with E-state index in [9.17, 15) is 4.79 Å². The number of nitrogens with one attached hydrogen (secondary N) is 1. The molecule has 1 N–H and O–H groups in total. The minimum absolute atomic E-state index is 0.0155. The number of hydrogen-bond donors (Lipinski definition) is 1. The number of nitrogens with zero attached hydrogens (tertiary/aromatic N) is 2. The number of rotatable bonds is 3. The van der Waals surface area contributed by atoms with Crippen LogP contribution in [0.2, 0.25) is 0 Å². The molecule has 27 heavy (non-hydrogen) atoms. The first-order chi connectivity index (χ1) is 13.2. The number of hydrogen-bond acceptors (Lipinski definition) is 2. The fourth-order valence-corrected chi connectivity index (χ4v) is 4.64. The van der Waals surface area contributed by atoms with Crippen molar-refractivity contribution in [1.29, 1.82) is 0 Å². The first-order valence-corrected chi connectivity index (χ1v) is 10.6. The second kappa shape index (κ2) is 8.44. The van der Waals surface area contributed by atoms with Crippen LogP contribution >= 0.6 is 15.9 Å². The van der Waals surface area contributed by atoms with Gasteiger partial charge in [-0.1, -0.05) is 46.3 Å². The summed E-state index contributed by atoms with van der Waals surface area (Å²) in [6.07, 6.45) is 3.43. The standard InChI is InChI=1S/C22H26BrN3O/c23-20-8-3-9-21(13-20)24-22(27)26-11-4-5-17(15-26)14-25-12-10-18-6-1-2-7-19(18)16-25/h1-3,6-9,13,17H,4-5,10-12,14-16H2,(H,24,27)/t17-/m0/s1. The number of carbonyl (C=O) groups is 1. The zero-order chi connectivity index (χ0) is 18.6. The van der Waals surface area contributed by atoms with E-state index in [1.165, 1.54) is 17.5 Å². The second-order valence-corrected chi connectivity index (χ2v) is 8.56. The SMILES string of the molecule is O=C(Nc1cccc(Br)c1)N1CCC[C@@H](CN2CCc3ccccc3C2)C1. The molecule has 0 bridgehead atoms. The molecule has 2 heterocycles. The van der Waals surface area contributed by atoms with Gasteiger partial charge in [0.15, 0.2) is 0 Å². The summed E-state index contributed by atoms with van der Waals surface area (Å²) in [7, 11) is 0. The fraction of sp³-hybridized carbons (Fsp3) is 0.409. The maximum absolute atomic E-state index is 12.7. The van der Waals surface area contributed by atoms with Gasteiger partial charge in [-0.3, -0.25) is 4.90 Å². The van der Waals surface area contributed by atoms with Gasteiger partial charge >= 0.3 is 6.03 Å². The number of amides is 2. The largest absolute Gasteiger partial charge is 0.324 e. The zero-order valence-electron chi connectivity index (χ0n) is 15.5. The normalized spacial score (nSPS) is 20.2. The molecule has 1 fully saturated rings. The van der Waals surface area contributed by atoms with Crippen LogP contribution in [-0.4, -0.2) is 42.0 Å². The van der Waals surface area contributed by atoms with Crippen LogP contribution in [0.3, 0.4) is 0 Å². The summed E-state index contributed by atoms with van der Waals surface area (Å²) in [6.45, 7) is 4.93. The van der Waals surface area contributed by atoms with E-state index in [0.29, 0.717) is 5.92 Å². The predicted molar refractivity (Wildman–Crippen MR) is 113 cm³/mol. The van der Waals surface area contributed by atoms with Crippen LogP contribution < -0.4 is 5.32 Å². The lowest BCUT2D eigenvalue weighted by Gasteiger charge is -2.37. The lowest BCUT2D eigenvalue weighted by molar-refractivity contribution is 0.140. The van der Waals surface area contributed by atoms with E-state index in [1.54, 1.807) is 0 Å². The highest BCUT2D eigenvalue weighted by Gasteiger charge is 2.26. The number of piperidine rings is 1. The molecular weight excluding hydrogens is 402 g/mol. The van der Waals surface area contributed by atoms with Gasteiger partial charge in [-0.05, 0) is 54.5 Å². The molecule has 1 atom stereocenters. The maximum atomic E-state index is 12.7. The maximum Gasteiger partial charge on any atom is 0.321 e. The average molecular weight is 428 g/mol. The molecule has 0 aliphatic carbocycles. The summed E-state index contributed by atoms with van der Waals surface area (Å²) in [5.74, 6) is 0.553. The molecule has 2 aliphatic rings. The average Bonchev–Trinajstić information content (AvgIpc) is 2.68. The van der Waals surface area contributed by atoms with Crippen LogP contribution in [0.25, 0.3) is 0 Å². The summed E-state index contributed by atoms with van der Waals surface area (Å²) in [6, 6.07) is 16.5. The van der Waals surface area contributed by atoms with Gasteiger partial charge in [-0.2, -0.15) is 0 Å². The first kappa shape index (κ1) is 18.5. The fourth-order valence-electron chi connectivity index (χ4n) is 4.24. The molecule has 0 radical (unpaired) electrons. The highest BCUT2D eigenvalue weighted by atomic mass is 79.9. The van der Waals surface area contributed by atoms with Crippen molar-refractivity contribution in [2.24, 2.45) is 5.92 Å². The predicted octanol–water partition coefficient (Wildman–Crippen LogP) is 4.75. The van der Waals surface area contributed by atoms with Crippen LogP contribution in [0, 0.1) is 5.92 Å². The summed E-state index contributed by atoms with van der Waals surface area (Å²) in [5.41, 5.74) is 3.79. The van der Waals surface area contributed by atoms with Gasteiger partial charge in [0.25, 0.3) is 0 Å². The lowest BCUT2D eigenvalue weighted by Crippen LogP contribution is -2.46. The van der Waals surface area contributed by atoms with E-state index >= 15 is 0 Å². The summed E-state index contributed by atoms with van der Waals surface area (Å²) in [4.78, 5) is 17.2. The number of urea groups is 1. The molecule has 0 saturated carbocycles. The molecule has 2 aromatic carbocycles. The third-order valence-electron chi connectivity index (χ3n) is 5.61. The summed E-state index contributed by atoms with van der Waals surface area (Å²) in [5, 5.41) is 3.03. The Balaban J connectivity index is 1.32. The Kier molecular flexibility index (Phi) is 5.79. The molecule has 2 aromatic rings. The van der Waals surface area contributed by atoms with Gasteiger partial charge in [0.2, 0.25) is 0 Å². The Morgan fingerprint density at radius 2 is 1.96 bits per heavy atom. The Bertz CT molecular complexity index is 810. The van der Waals surface area contributed by atoms with Crippen LogP contribution in [0.5, 0.6) is 0 Å². The van der Waals surface area contributed by atoms with Crippen LogP contribution in [-0.2, 0) is 13.0 Å². The molecule has 4 rings (SSSR count). The topological polar surface area (TPSA) is 35.6 Å². The van der Waals surface area contributed by atoms with Crippen LogP contribution in [0.15, 0.2) is 53.0 Å². The number of carbonyl (C=O) groups excluding carboxylic acids is 1. The molecule has 2 amide bonds.